The summed E-state index contributed by atoms with van der Waals surface area (Å²) in [5, 5.41) is 36.9. The molecule has 0 amide bonds. The highest BCUT2D eigenvalue weighted by Gasteiger charge is 2.38. The maximum Gasteiger partial charge on any atom is 0.214 e. The van der Waals surface area contributed by atoms with Crippen LogP contribution in [-0.2, 0) is 0 Å². The standard InChI is InChI=1S/C5H9NO4/c7-2-3-5(9)4(8)1-6(3)10/h1,3-5,7-9H,2H2. The lowest BCUT2D eigenvalue weighted by atomic mass is 10.1. The fourth-order valence-corrected chi connectivity index (χ4v) is 0.916. The van der Waals surface area contributed by atoms with Crippen molar-refractivity contribution in [3.8, 4) is 0 Å². The van der Waals surface area contributed by atoms with Crippen molar-refractivity contribution in [1.82, 2.24) is 0 Å². The van der Waals surface area contributed by atoms with Crippen LogP contribution in [0, 0.1) is 5.21 Å². The number of nitrogens with zero attached hydrogens (tertiary/aromatic N) is 1. The van der Waals surface area contributed by atoms with E-state index in [0.717, 1.165) is 6.21 Å². The Morgan fingerprint density at radius 2 is 2.10 bits per heavy atom. The largest absolute Gasteiger partial charge is 0.624 e. The molecule has 3 atom stereocenters. The van der Waals surface area contributed by atoms with Crippen molar-refractivity contribution in [2.75, 3.05) is 6.61 Å². The van der Waals surface area contributed by atoms with Crippen LogP contribution in [-0.4, -0.2) is 51.1 Å². The Labute approximate surface area is 57.4 Å². The molecule has 1 aliphatic rings. The lowest BCUT2D eigenvalue weighted by Crippen LogP contribution is -2.36. The van der Waals surface area contributed by atoms with E-state index in [1.54, 1.807) is 0 Å². The van der Waals surface area contributed by atoms with Crippen molar-refractivity contribution >= 4 is 6.21 Å². The molecule has 0 aromatic rings. The van der Waals surface area contributed by atoms with Crippen LogP contribution in [0.5, 0.6) is 0 Å². The second-order valence-electron chi connectivity index (χ2n) is 2.24. The second-order valence-corrected chi connectivity index (χ2v) is 2.24. The zero-order chi connectivity index (χ0) is 7.72. The molecule has 10 heavy (non-hydrogen) atoms. The van der Waals surface area contributed by atoms with Crippen molar-refractivity contribution in [3.63, 3.8) is 0 Å². The molecule has 1 heterocycles. The summed E-state index contributed by atoms with van der Waals surface area (Å²) >= 11 is 0. The van der Waals surface area contributed by atoms with Gasteiger partial charge in [0.05, 0.1) is 0 Å². The molecule has 0 aliphatic carbocycles. The Morgan fingerprint density at radius 3 is 2.30 bits per heavy atom. The fourth-order valence-electron chi connectivity index (χ4n) is 0.916. The summed E-state index contributed by atoms with van der Waals surface area (Å²) in [5.74, 6) is 0. The first-order valence-corrected chi connectivity index (χ1v) is 2.94. The van der Waals surface area contributed by atoms with Gasteiger partial charge in [-0.2, -0.15) is 0 Å². The fraction of sp³-hybridized carbons (Fsp3) is 0.800. The quantitative estimate of drug-likeness (QED) is 0.286. The third-order valence-electron chi connectivity index (χ3n) is 1.56. The minimum Gasteiger partial charge on any atom is -0.624 e. The van der Waals surface area contributed by atoms with Gasteiger partial charge in [-0.1, -0.05) is 0 Å². The van der Waals surface area contributed by atoms with E-state index in [0.29, 0.717) is 4.74 Å². The predicted octanol–water partition coefficient (Wildman–Crippen LogP) is -2.34. The van der Waals surface area contributed by atoms with E-state index < -0.39 is 24.9 Å². The van der Waals surface area contributed by atoms with Crippen LogP contribution >= 0.6 is 0 Å². The minimum atomic E-state index is -1.16. The highest BCUT2D eigenvalue weighted by molar-refractivity contribution is 5.60. The van der Waals surface area contributed by atoms with Gasteiger partial charge in [0.15, 0.2) is 18.4 Å². The maximum atomic E-state index is 10.6. The summed E-state index contributed by atoms with van der Waals surface area (Å²) in [7, 11) is 0. The first-order chi connectivity index (χ1) is 4.66. The average Bonchev–Trinajstić information content (AvgIpc) is 2.09. The number of hydrogen-bond acceptors (Lipinski definition) is 4. The highest BCUT2D eigenvalue weighted by atomic mass is 16.5. The minimum absolute atomic E-state index is 0.370. The summed E-state index contributed by atoms with van der Waals surface area (Å²) < 4.78 is 0.370. The second kappa shape index (κ2) is 2.53. The summed E-state index contributed by atoms with van der Waals surface area (Å²) in [4.78, 5) is 0. The van der Waals surface area contributed by atoms with E-state index in [1.165, 1.54) is 0 Å². The summed E-state index contributed by atoms with van der Waals surface area (Å²) in [6, 6.07) is -0.907. The van der Waals surface area contributed by atoms with Crippen molar-refractivity contribution in [3.05, 3.63) is 5.21 Å². The molecule has 1 aliphatic heterocycles. The molecule has 0 aromatic carbocycles. The molecule has 0 fully saturated rings. The van der Waals surface area contributed by atoms with Gasteiger partial charge >= 0.3 is 0 Å². The lowest BCUT2D eigenvalue weighted by molar-refractivity contribution is -0.501. The van der Waals surface area contributed by atoms with Gasteiger partial charge in [0, 0.05) is 0 Å². The highest BCUT2D eigenvalue weighted by Crippen LogP contribution is 2.08. The zero-order valence-corrected chi connectivity index (χ0v) is 5.21. The molecular formula is C5H9NO4. The first-order valence-electron chi connectivity index (χ1n) is 2.94. The predicted molar refractivity (Wildman–Crippen MR) is 32.6 cm³/mol. The smallest absolute Gasteiger partial charge is 0.214 e. The van der Waals surface area contributed by atoms with Gasteiger partial charge in [0.25, 0.3) is 0 Å². The van der Waals surface area contributed by atoms with Gasteiger partial charge in [-0.15, -0.1) is 0 Å². The van der Waals surface area contributed by atoms with E-state index in [2.05, 4.69) is 0 Å². The van der Waals surface area contributed by atoms with Gasteiger partial charge in [0.2, 0.25) is 6.04 Å². The number of hydroxylamine groups is 1. The van der Waals surface area contributed by atoms with Crippen molar-refractivity contribution < 1.29 is 20.1 Å². The third kappa shape index (κ3) is 0.985. The molecular weight excluding hydrogens is 138 g/mol. The monoisotopic (exact) mass is 147 g/mol. The Hall–Kier alpha value is -0.650. The van der Waals surface area contributed by atoms with E-state index in [1.807, 2.05) is 0 Å². The van der Waals surface area contributed by atoms with E-state index in [-0.39, 0.29) is 0 Å². The molecule has 0 radical (unpaired) electrons. The molecule has 5 nitrogen and oxygen atoms in total. The third-order valence-corrected chi connectivity index (χ3v) is 1.56. The number of aliphatic hydroxyl groups is 3. The molecule has 0 bridgehead atoms. The van der Waals surface area contributed by atoms with Gasteiger partial charge < -0.3 is 20.5 Å². The average molecular weight is 147 g/mol. The summed E-state index contributed by atoms with van der Waals surface area (Å²) in [6.45, 7) is -0.446. The van der Waals surface area contributed by atoms with Gasteiger partial charge in [-0.25, -0.2) is 4.74 Å². The van der Waals surface area contributed by atoms with Crippen LogP contribution in [0.2, 0.25) is 0 Å². The van der Waals surface area contributed by atoms with Crippen LogP contribution in [0.1, 0.15) is 0 Å². The van der Waals surface area contributed by atoms with Crippen molar-refractivity contribution in [1.29, 1.82) is 0 Å². The number of hydrogen-bond donors (Lipinski definition) is 3. The summed E-state index contributed by atoms with van der Waals surface area (Å²) in [6.07, 6.45) is -1.37. The lowest BCUT2D eigenvalue weighted by Gasteiger charge is -2.11. The van der Waals surface area contributed by atoms with Crippen LogP contribution in [0.25, 0.3) is 0 Å². The molecule has 3 N–H and O–H groups in total. The Bertz CT molecular complexity index is 158. The molecule has 0 saturated carbocycles. The molecule has 3 unspecified atom stereocenters. The number of rotatable bonds is 1. The topological polar surface area (TPSA) is 86.8 Å². The normalized spacial score (nSPS) is 39.9. The molecule has 1 rings (SSSR count). The molecule has 0 spiro atoms. The molecule has 5 heteroatoms. The first kappa shape index (κ1) is 7.46. The van der Waals surface area contributed by atoms with Crippen LogP contribution in [0.3, 0.4) is 0 Å². The van der Waals surface area contributed by atoms with E-state index in [9.17, 15) is 5.21 Å². The molecule has 0 aromatic heterocycles. The van der Waals surface area contributed by atoms with E-state index in [4.69, 9.17) is 15.3 Å². The van der Waals surface area contributed by atoms with Gasteiger partial charge in [0.1, 0.15) is 6.61 Å². The van der Waals surface area contributed by atoms with Crippen LogP contribution in [0.15, 0.2) is 0 Å². The Morgan fingerprint density at radius 1 is 1.50 bits per heavy atom. The SMILES string of the molecule is [O-][N+]1=CC(O)C(O)C1CO. The summed E-state index contributed by atoms with van der Waals surface area (Å²) in [5.41, 5.74) is 0. The van der Waals surface area contributed by atoms with Gasteiger partial charge in [-0.3, -0.25) is 0 Å². The van der Waals surface area contributed by atoms with Crippen LogP contribution in [0.4, 0.5) is 0 Å². The van der Waals surface area contributed by atoms with Crippen molar-refractivity contribution in [2.45, 2.75) is 18.2 Å². The number of aliphatic hydroxyl groups excluding tert-OH is 3. The molecule has 58 valence electrons. The maximum absolute atomic E-state index is 10.6. The van der Waals surface area contributed by atoms with Crippen molar-refractivity contribution in [2.24, 2.45) is 0 Å². The Balaban J connectivity index is 2.68. The zero-order valence-electron chi connectivity index (χ0n) is 5.21. The Kier molecular flexibility index (Phi) is 1.89. The van der Waals surface area contributed by atoms with E-state index >= 15 is 0 Å². The van der Waals surface area contributed by atoms with Gasteiger partial charge in [-0.05, 0) is 0 Å². The van der Waals surface area contributed by atoms with Crippen LogP contribution < -0.4 is 0 Å². The molecule has 0 saturated heterocycles.